The van der Waals surface area contributed by atoms with Crippen molar-refractivity contribution in [3.8, 4) is 6.07 Å². The predicted molar refractivity (Wildman–Crippen MR) is 58.8 cm³/mol. The molecule has 1 aromatic rings. The molecule has 1 rings (SSSR count). The van der Waals surface area contributed by atoms with E-state index in [2.05, 4.69) is 18.7 Å². The van der Waals surface area contributed by atoms with Crippen molar-refractivity contribution in [1.29, 1.82) is 5.26 Å². The molecule has 2 heteroatoms. The first-order valence-electron chi connectivity index (χ1n) is 4.06. The summed E-state index contributed by atoms with van der Waals surface area (Å²) in [6, 6.07) is 7.87. The van der Waals surface area contributed by atoms with Crippen molar-refractivity contribution in [3.63, 3.8) is 0 Å². The molecular weight excluding hydrogens is 178 g/mol. The van der Waals surface area contributed by atoms with Crippen molar-refractivity contribution >= 4 is 18.7 Å². The lowest BCUT2D eigenvalue weighted by Crippen LogP contribution is -1.85. The number of benzene rings is 1. The second-order valence-corrected chi connectivity index (χ2v) is 3.08. The number of hydrogen-bond acceptors (Lipinski definition) is 2. The first-order chi connectivity index (χ1) is 6.29. The first-order valence-corrected chi connectivity index (χ1v) is 4.70. The summed E-state index contributed by atoms with van der Waals surface area (Å²) in [7, 11) is 0. The predicted octanol–water partition coefficient (Wildman–Crippen LogP) is 2.81. The second kappa shape index (κ2) is 4.74. The summed E-state index contributed by atoms with van der Waals surface area (Å²) in [6.07, 6.45) is 3.95. The van der Waals surface area contributed by atoms with Crippen molar-refractivity contribution in [1.82, 2.24) is 0 Å². The Morgan fingerprint density at radius 3 is 2.92 bits per heavy atom. The van der Waals surface area contributed by atoms with E-state index in [0.717, 1.165) is 22.4 Å². The zero-order valence-corrected chi connectivity index (χ0v) is 8.38. The summed E-state index contributed by atoms with van der Waals surface area (Å²) in [5.41, 5.74) is 2.86. The Hall–Kier alpha value is -1.20. The third-order valence-corrected chi connectivity index (χ3v) is 2.11. The van der Waals surface area contributed by atoms with Gasteiger partial charge in [0.1, 0.15) is 0 Å². The molecule has 0 bridgehead atoms. The van der Waals surface area contributed by atoms with Crippen molar-refractivity contribution in [3.05, 3.63) is 41.0 Å². The van der Waals surface area contributed by atoms with Crippen LogP contribution in [0.25, 0.3) is 6.08 Å². The molecule has 1 nitrogen and oxygen atoms in total. The summed E-state index contributed by atoms with van der Waals surface area (Å²) >= 11 is 4.08. The highest BCUT2D eigenvalue weighted by molar-refractivity contribution is 7.80. The lowest BCUT2D eigenvalue weighted by atomic mass is 10.0. The van der Waals surface area contributed by atoms with Gasteiger partial charge >= 0.3 is 0 Å². The zero-order chi connectivity index (χ0) is 9.68. The van der Waals surface area contributed by atoms with Crippen LogP contribution in [0.5, 0.6) is 0 Å². The van der Waals surface area contributed by atoms with E-state index in [1.54, 1.807) is 0 Å². The van der Waals surface area contributed by atoms with Crippen LogP contribution in [0, 0.1) is 18.3 Å². The summed E-state index contributed by atoms with van der Waals surface area (Å²) < 4.78 is 0. The van der Waals surface area contributed by atoms with Gasteiger partial charge in [0.15, 0.2) is 0 Å². The molecule has 0 unspecified atom stereocenters. The van der Waals surface area contributed by atoms with E-state index in [-0.39, 0.29) is 0 Å². The fraction of sp³-hybridized carbons (Fsp3) is 0.182. The average Bonchev–Trinajstić information content (AvgIpc) is 2.16. The van der Waals surface area contributed by atoms with E-state index in [9.17, 15) is 0 Å². The lowest BCUT2D eigenvalue weighted by Gasteiger charge is -2.00. The van der Waals surface area contributed by atoms with Crippen molar-refractivity contribution in [2.24, 2.45) is 0 Å². The van der Waals surface area contributed by atoms with Gasteiger partial charge in [-0.05, 0) is 24.1 Å². The Balaban J connectivity index is 3.10. The van der Waals surface area contributed by atoms with Crippen LogP contribution in [0.1, 0.15) is 16.7 Å². The standard InChI is InChI=1S/C11H11NS/c1-9-10(6-3-7-13)4-2-5-11(9)8-12/h2-6,13H,7H2,1H3. The van der Waals surface area contributed by atoms with Crippen LogP contribution in [-0.2, 0) is 0 Å². The molecule has 0 aliphatic rings. The van der Waals surface area contributed by atoms with E-state index >= 15 is 0 Å². The third-order valence-electron chi connectivity index (χ3n) is 1.90. The van der Waals surface area contributed by atoms with E-state index in [0.29, 0.717) is 0 Å². The molecule has 0 fully saturated rings. The number of thiol groups is 1. The molecule has 0 saturated carbocycles. The van der Waals surface area contributed by atoms with E-state index in [1.807, 2.05) is 37.3 Å². The molecule has 0 saturated heterocycles. The van der Waals surface area contributed by atoms with Gasteiger partial charge in [0.25, 0.3) is 0 Å². The number of nitrogens with zero attached hydrogens (tertiary/aromatic N) is 1. The highest BCUT2D eigenvalue weighted by atomic mass is 32.1. The Morgan fingerprint density at radius 2 is 2.31 bits per heavy atom. The Kier molecular flexibility index (Phi) is 3.60. The Labute approximate surface area is 84.1 Å². The molecule has 0 radical (unpaired) electrons. The van der Waals surface area contributed by atoms with Gasteiger partial charge in [-0.2, -0.15) is 17.9 Å². The van der Waals surface area contributed by atoms with Crippen molar-refractivity contribution < 1.29 is 0 Å². The number of hydrogen-bond donors (Lipinski definition) is 1. The van der Waals surface area contributed by atoms with Gasteiger partial charge in [-0.3, -0.25) is 0 Å². The van der Waals surface area contributed by atoms with Gasteiger partial charge < -0.3 is 0 Å². The Morgan fingerprint density at radius 1 is 1.54 bits per heavy atom. The van der Waals surface area contributed by atoms with Gasteiger partial charge in [0.2, 0.25) is 0 Å². The highest BCUT2D eigenvalue weighted by Crippen LogP contribution is 2.14. The average molecular weight is 189 g/mol. The maximum atomic E-state index is 8.78. The topological polar surface area (TPSA) is 23.8 Å². The smallest absolute Gasteiger partial charge is 0.0994 e. The maximum absolute atomic E-state index is 8.78. The zero-order valence-electron chi connectivity index (χ0n) is 7.49. The maximum Gasteiger partial charge on any atom is 0.0994 e. The molecular formula is C11H11NS. The quantitative estimate of drug-likeness (QED) is 0.711. The summed E-state index contributed by atoms with van der Waals surface area (Å²) in [5.74, 6) is 0.718. The van der Waals surface area contributed by atoms with Crippen LogP contribution in [0.3, 0.4) is 0 Å². The largest absolute Gasteiger partial charge is 0.192 e. The molecule has 0 N–H and O–H groups in total. The van der Waals surface area contributed by atoms with Crippen LogP contribution in [-0.4, -0.2) is 5.75 Å². The molecule has 13 heavy (non-hydrogen) atoms. The van der Waals surface area contributed by atoms with Crippen molar-refractivity contribution in [2.45, 2.75) is 6.92 Å². The Bertz CT molecular complexity index is 361. The number of rotatable bonds is 2. The van der Waals surface area contributed by atoms with Gasteiger partial charge in [0, 0.05) is 5.75 Å². The minimum Gasteiger partial charge on any atom is -0.192 e. The van der Waals surface area contributed by atoms with Crippen LogP contribution in [0.4, 0.5) is 0 Å². The van der Waals surface area contributed by atoms with E-state index < -0.39 is 0 Å². The summed E-state index contributed by atoms with van der Waals surface area (Å²) in [4.78, 5) is 0. The summed E-state index contributed by atoms with van der Waals surface area (Å²) in [6.45, 7) is 1.96. The minimum absolute atomic E-state index is 0.718. The van der Waals surface area contributed by atoms with Crippen LogP contribution < -0.4 is 0 Å². The third kappa shape index (κ3) is 2.37. The van der Waals surface area contributed by atoms with Crippen molar-refractivity contribution in [2.75, 3.05) is 5.75 Å². The molecule has 0 aromatic heterocycles. The highest BCUT2D eigenvalue weighted by Gasteiger charge is 1.98. The van der Waals surface area contributed by atoms with Gasteiger partial charge in [-0.1, -0.05) is 24.3 Å². The summed E-state index contributed by atoms with van der Waals surface area (Å²) in [5, 5.41) is 8.78. The van der Waals surface area contributed by atoms with Gasteiger partial charge in [0.05, 0.1) is 11.6 Å². The van der Waals surface area contributed by atoms with E-state index in [1.165, 1.54) is 0 Å². The second-order valence-electron chi connectivity index (χ2n) is 2.72. The molecule has 1 aromatic carbocycles. The van der Waals surface area contributed by atoms with Crippen LogP contribution in [0.2, 0.25) is 0 Å². The lowest BCUT2D eigenvalue weighted by molar-refractivity contribution is 1.38. The molecule has 0 heterocycles. The SMILES string of the molecule is Cc1c(C#N)cccc1C=CCS. The minimum atomic E-state index is 0.718. The van der Waals surface area contributed by atoms with Crippen LogP contribution >= 0.6 is 12.6 Å². The fourth-order valence-corrected chi connectivity index (χ4v) is 1.24. The fourth-order valence-electron chi connectivity index (χ4n) is 1.13. The first kappa shape index (κ1) is 9.88. The molecule has 66 valence electrons. The van der Waals surface area contributed by atoms with Gasteiger partial charge in [-0.25, -0.2) is 0 Å². The molecule has 0 aliphatic carbocycles. The normalized spacial score (nSPS) is 10.2. The number of nitriles is 1. The molecule has 0 aliphatic heterocycles. The van der Waals surface area contributed by atoms with Crippen LogP contribution in [0.15, 0.2) is 24.3 Å². The molecule has 0 atom stereocenters. The monoisotopic (exact) mass is 189 g/mol. The van der Waals surface area contributed by atoms with E-state index in [4.69, 9.17) is 5.26 Å². The molecule has 0 spiro atoms. The van der Waals surface area contributed by atoms with Gasteiger partial charge in [-0.15, -0.1) is 0 Å². The molecule has 0 amide bonds.